The fourth-order valence-corrected chi connectivity index (χ4v) is 5.01. The van der Waals surface area contributed by atoms with Crippen LogP contribution in [-0.2, 0) is 4.74 Å². The third-order valence-electron chi connectivity index (χ3n) is 5.27. The monoisotopic (exact) mass is 282 g/mol. The molecule has 5 heteroatoms. The Labute approximate surface area is 120 Å². The van der Waals surface area contributed by atoms with Crippen LogP contribution < -0.4 is 10.6 Å². The van der Waals surface area contributed by atoms with Crippen LogP contribution in [-0.4, -0.2) is 43.0 Å². The van der Waals surface area contributed by atoms with Crippen molar-refractivity contribution in [3.8, 4) is 0 Å². The molecule has 0 spiro atoms. The molecule has 5 nitrogen and oxygen atoms in total. The van der Waals surface area contributed by atoms with Crippen molar-refractivity contribution in [1.29, 1.82) is 0 Å². The fraction of sp³-hybridized carbons (Fsp3) is 0.933. The first-order chi connectivity index (χ1) is 9.58. The van der Waals surface area contributed by atoms with Crippen LogP contribution in [0.4, 0.5) is 4.79 Å². The number of carbonyl (C=O) groups excluding carboxylic acids is 1. The van der Waals surface area contributed by atoms with Gasteiger partial charge in [-0.2, -0.15) is 0 Å². The van der Waals surface area contributed by atoms with Crippen LogP contribution in [0.3, 0.4) is 0 Å². The number of nitrogens with one attached hydrogen (secondary N) is 2. The molecule has 1 atom stereocenters. The van der Waals surface area contributed by atoms with Gasteiger partial charge in [-0.15, -0.1) is 0 Å². The van der Waals surface area contributed by atoms with Crippen molar-refractivity contribution in [2.75, 3.05) is 20.3 Å². The van der Waals surface area contributed by atoms with Crippen LogP contribution in [0.2, 0.25) is 0 Å². The summed E-state index contributed by atoms with van der Waals surface area (Å²) in [5.74, 6) is 2.46. The minimum Gasteiger partial charge on any atom is -0.389 e. The van der Waals surface area contributed by atoms with Gasteiger partial charge >= 0.3 is 6.03 Å². The standard InChI is InChI=1S/C15H26N2O3/c1-20-9-13(18)8-16-14(19)17-15-5-10-2-11(6-15)4-12(3-10)7-15/h10-13,18H,2-9H2,1H3,(H2,16,17,19). The first-order valence-electron chi connectivity index (χ1n) is 7.81. The summed E-state index contributed by atoms with van der Waals surface area (Å²) in [6, 6.07) is -0.137. The summed E-state index contributed by atoms with van der Waals surface area (Å²) in [6.45, 7) is 0.490. The minimum atomic E-state index is -0.637. The van der Waals surface area contributed by atoms with Crippen molar-refractivity contribution in [2.45, 2.75) is 50.2 Å². The van der Waals surface area contributed by atoms with E-state index in [2.05, 4.69) is 10.6 Å². The summed E-state index contributed by atoms with van der Waals surface area (Å²) in [7, 11) is 1.54. The van der Waals surface area contributed by atoms with Gasteiger partial charge in [0.15, 0.2) is 0 Å². The highest BCUT2D eigenvalue weighted by molar-refractivity contribution is 5.74. The Hall–Kier alpha value is -0.810. The summed E-state index contributed by atoms with van der Waals surface area (Å²) in [4.78, 5) is 12.1. The molecule has 20 heavy (non-hydrogen) atoms. The summed E-state index contributed by atoms with van der Waals surface area (Å²) in [6.07, 6.45) is 6.91. The van der Waals surface area contributed by atoms with E-state index in [1.807, 2.05) is 0 Å². The van der Waals surface area contributed by atoms with E-state index in [0.29, 0.717) is 0 Å². The molecule has 4 bridgehead atoms. The lowest BCUT2D eigenvalue weighted by Crippen LogP contribution is -2.61. The predicted molar refractivity (Wildman–Crippen MR) is 75.3 cm³/mol. The fourth-order valence-electron chi connectivity index (χ4n) is 5.01. The molecular weight excluding hydrogens is 256 g/mol. The number of ether oxygens (including phenoxy) is 1. The molecule has 4 saturated carbocycles. The highest BCUT2D eigenvalue weighted by Crippen LogP contribution is 2.55. The molecule has 0 aromatic rings. The number of amides is 2. The molecule has 4 rings (SSSR count). The maximum atomic E-state index is 12.1. The number of carbonyl (C=O) groups is 1. The van der Waals surface area contributed by atoms with Crippen LogP contribution >= 0.6 is 0 Å². The predicted octanol–water partition coefficient (Wildman–Crippen LogP) is 1.26. The minimum absolute atomic E-state index is 0.0328. The van der Waals surface area contributed by atoms with Crippen LogP contribution in [0.15, 0.2) is 0 Å². The summed E-state index contributed by atoms with van der Waals surface area (Å²) in [5.41, 5.74) is 0.0328. The lowest BCUT2D eigenvalue weighted by atomic mass is 9.53. The number of aliphatic hydroxyl groups excluding tert-OH is 1. The Morgan fingerprint density at radius 2 is 1.80 bits per heavy atom. The van der Waals surface area contributed by atoms with E-state index in [-0.39, 0.29) is 24.7 Å². The maximum absolute atomic E-state index is 12.1. The zero-order chi connectivity index (χ0) is 14.2. The van der Waals surface area contributed by atoms with E-state index in [4.69, 9.17) is 4.74 Å². The molecule has 0 saturated heterocycles. The van der Waals surface area contributed by atoms with E-state index in [0.717, 1.165) is 37.0 Å². The summed E-state index contributed by atoms with van der Waals surface area (Å²) < 4.78 is 4.85. The Morgan fingerprint density at radius 3 is 2.30 bits per heavy atom. The zero-order valence-electron chi connectivity index (χ0n) is 12.2. The van der Waals surface area contributed by atoms with Gasteiger partial charge in [-0.25, -0.2) is 4.79 Å². The van der Waals surface area contributed by atoms with Gasteiger partial charge in [-0.3, -0.25) is 0 Å². The van der Waals surface area contributed by atoms with E-state index >= 15 is 0 Å². The van der Waals surface area contributed by atoms with Gasteiger partial charge in [0.1, 0.15) is 0 Å². The summed E-state index contributed by atoms with van der Waals surface area (Å²) in [5, 5.41) is 15.5. The largest absolute Gasteiger partial charge is 0.389 e. The number of urea groups is 1. The Morgan fingerprint density at radius 1 is 1.25 bits per heavy atom. The van der Waals surface area contributed by atoms with Gasteiger partial charge in [0, 0.05) is 19.2 Å². The number of hydrogen-bond donors (Lipinski definition) is 3. The normalized spacial score (nSPS) is 39.6. The molecule has 114 valence electrons. The number of methoxy groups -OCH3 is 1. The first-order valence-corrected chi connectivity index (χ1v) is 7.81. The van der Waals surface area contributed by atoms with E-state index in [1.165, 1.54) is 19.3 Å². The van der Waals surface area contributed by atoms with Crippen molar-refractivity contribution in [2.24, 2.45) is 17.8 Å². The quantitative estimate of drug-likeness (QED) is 0.711. The Balaban J connectivity index is 1.51. The van der Waals surface area contributed by atoms with E-state index < -0.39 is 6.10 Å². The second-order valence-electron chi connectivity index (χ2n) is 7.14. The van der Waals surface area contributed by atoms with Gasteiger partial charge in [0.05, 0.1) is 12.7 Å². The van der Waals surface area contributed by atoms with E-state index in [9.17, 15) is 9.90 Å². The highest BCUT2D eigenvalue weighted by Gasteiger charge is 2.51. The molecule has 0 radical (unpaired) electrons. The van der Waals surface area contributed by atoms with Crippen LogP contribution in [0, 0.1) is 17.8 Å². The molecule has 0 heterocycles. The highest BCUT2D eigenvalue weighted by atomic mass is 16.5. The molecule has 2 amide bonds. The van der Waals surface area contributed by atoms with Crippen LogP contribution in [0.5, 0.6) is 0 Å². The first kappa shape index (κ1) is 14.1. The van der Waals surface area contributed by atoms with Crippen molar-refractivity contribution >= 4 is 6.03 Å². The van der Waals surface area contributed by atoms with Gasteiger partial charge in [0.2, 0.25) is 0 Å². The van der Waals surface area contributed by atoms with Gasteiger partial charge < -0.3 is 20.5 Å². The lowest BCUT2D eigenvalue weighted by Gasteiger charge is -2.56. The molecule has 3 N–H and O–H groups in total. The Bertz CT molecular complexity index is 337. The molecule has 1 unspecified atom stereocenters. The van der Waals surface area contributed by atoms with Crippen molar-refractivity contribution in [1.82, 2.24) is 10.6 Å². The SMILES string of the molecule is COCC(O)CNC(=O)NC12CC3CC(CC(C3)C1)C2. The van der Waals surface area contributed by atoms with Crippen LogP contribution in [0.25, 0.3) is 0 Å². The van der Waals surface area contributed by atoms with Crippen LogP contribution in [0.1, 0.15) is 38.5 Å². The lowest BCUT2D eigenvalue weighted by molar-refractivity contribution is -0.0138. The third-order valence-corrected chi connectivity index (χ3v) is 5.27. The summed E-state index contributed by atoms with van der Waals surface area (Å²) >= 11 is 0. The van der Waals surface area contributed by atoms with Crippen molar-refractivity contribution in [3.63, 3.8) is 0 Å². The third kappa shape index (κ3) is 2.93. The molecule has 0 aromatic heterocycles. The molecule has 0 aliphatic heterocycles. The molecule has 4 aliphatic rings. The number of aliphatic hydroxyl groups is 1. The van der Waals surface area contributed by atoms with E-state index in [1.54, 1.807) is 7.11 Å². The molecular formula is C15H26N2O3. The number of hydrogen-bond acceptors (Lipinski definition) is 3. The molecule has 4 fully saturated rings. The maximum Gasteiger partial charge on any atom is 0.315 e. The van der Waals surface area contributed by atoms with Crippen molar-refractivity contribution < 1.29 is 14.6 Å². The average Bonchev–Trinajstić information content (AvgIpc) is 2.34. The zero-order valence-corrected chi connectivity index (χ0v) is 12.2. The van der Waals surface area contributed by atoms with Gasteiger partial charge in [-0.05, 0) is 56.3 Å². The second kappa shape index (κ2) is 5.53. The van der Waals surface area contributed by atoms with Gasteiger partial charge in [0.25, 0.3) is 0 Å². The molecule has 0 aromatic carbocycles. The molecule has 4 aliphatic carbocycles. The average molecular weight is 282 g/mol. The second-order valence-corrected chi connectivity index (χ2v) is 7.14. The Kier molecular flexibility index (Phi) is 3.91. The topological polar surface area (TPSA) is 70.6 Å². The van der Waals surface area contributed by atoms with Crippen molar-refractivity contribution in [3.05, 3.63) is 0 Å². The smallest absolute Gasteiger partial charge is 0.315 e. The number of rotatable bonds is 5. The van der Waals surface area contributed by atoms with Gasteiger partial charge in [-0.1, -0.05) is 0 Å².